The minimum atomic E-state index is -2.28. The van der Waals surface area contributed by atoms with Gasteiger partial charge in [0.15, 0.2) is 63.8 Å². The van der Waals surface area contributed by atoms with E-state index in [9.17, 15) is 126 Å². The third kappa shape index (κ3) is 19.1. The number of carbonyl (C=O) groups excluding carboxylic acids is 3. The van der Waals surface area contributed by atoms with Crippen molar-refractivity contribution in [3.05, 3.63) is 142 Å². The van der Waals surface area contributed by atoms with E-state index in [1.54, 1.807) is 0 Å². The molecule has 7 aliphatic rings. The lowest BCUT2D eigenvalue weighted by molar-refractivity contribution is -0.357. The standard InChI is InChI=1S/C72H78O39/c73-23-44-52(84)57(89)62(94)69(106-44)103-41-21-33(76)20-40-34(41)22-43(66(101-40)31-7-9-32(75)10-8-31)105-72-67(111-71-65(97)60(92)55(87)47(109-71)26-99-51(83)16-6-30-2-12-36(78)42(19-30)104-70-63(95)58(90)53(85)45(24-74)107-70)61(93)56(88)48(110-72)27-100-50(82)15-5-29-3-13-39(38(80)18-29)102-68-64(96)59(91)54(86)46(108-68)25-98-49(81)14-4-28-1-11-35(77)37(79)17-28/h1-22,44-48,52-65,67-75,77-80,84-97H,23-27H2/p+1/b14-4?,15-5+,16-6?/t44-,45-,46-,47-,48-,52-,53-,54-,55-,56-,57+,58+,59+,60+,61+,62-,63-,64-,65-,67-,68-,69-,70-,71+,72-/m1/s1. The Kier molecular flexibility index (Phi) is 26.5. The van der Waals surface area contributed by atoms with Crippen molar-refractivity contribution >= 4 is 36.1 Å². The number of benzene rings is 5. The van der Waals surface area contributed by atoms with Gasteiger partial charge in [0.2, 0.25) is 31.8 Å². The molecule has 6 aliphatic heterocycles. The molecule has 0 aromatic heterocycles. The number of fused-ring (bicyclic) bond motifs is 1. The Morgan fingerprint density at radius 1 is 0.387 bits per heavy atom. The summed E-state index contributed by atoms with van der Waals surface area (Å²) in [6.45, 7) is -4.14. The maximum absolute atomic E-state index is 13.5. The van der Waals surface area contributed by atoms with E-state index in [0.29, 0.717) is 5.56 Å². The average molecular weight is 1570 g/mol. The monoisotopic (exact) mass is 1570 g/mol. The van der Waals surface area contributed by atoms with Crippen molar-refractivity contribution in [1.29, 1.82) is 0 Å². The van der Waals surface area contributed by atoms with Crippen molar-refractivity contribution in [2.24, 2.45) is 0 Å². The van der Waals surface area contributed by atoms with E-state index in [2.05, 4.69) is 0 Å². The molecule has 5 fully saturated rings. The Bertz CT molecular complexity index is 4320. The molecule has 4 aromatic rings. The topological polar surface area (TPSA) is 631 Å². The molecule has 39 nitrogen and oxygen atoms in total. The zero-order valence-electron chi connectivity index (χ0n) is 57.4. The molecule has 4 aromatic carbocycles. The fourth-order valence-corrected chi connectivity index (χ4v) is 12.0. The summed E-state index contributed by atoms with van der Waals surface area (Å²) in [6.07, 6.45) is -41.2. The molecular formula is C72H79O39+. The number of phenolic OH excluding ortho intramolecular Hbond substituents is 5. The predicted octanol–water partition coefficient (Wildman–Crippen LogP) is -4.75. The lowest BCUT2D eigenvalue weighted by Crippen LogP contribution is -2.65. The zero-order valence-corrected chi connectivity index (χ0v) is 57.4. The molecule has 0 saturated carbocycles. The van der Waals surface area contributed by atoms with Gasteiger partial charge in [-0.3, -0.25) is 4.79 Å². The number of rotatable bonds is 25. The highest BCUT2D eigenvalue weighted by Crippen LogP contribution is 2.44. The van der Waals surface area contributed by atoms with Crippen LogP contribution in [0.4, 0.5) is 0 Å². The Labute approximate surface area is 624 Å². The molecule has 0 amide bonds. The Morgan fingerprint density at radius 3 is 1.36 bits per heavy atom. The largest absolute Gasteiger partial charge is 0.510 e. The molecule has 0 unspecified atom stereocenters. The van der Waals surface area contributed by atoms with Crippen LogP contribution >= 0.6 is 0 Å². The predicted molar refractivity (Wildman–Crippen MR) is 366 cm³/mol. The van der Waals surface area contributed by atoms with Gasteiger partial charge in [-0.05, 0) is 102 Å². The van der Waals surface area contributed by atoms with Crippen LogP contribution in [-0.4, -0.2) is 317 Å². The van der Waals surface area contributed by atoms with E-state index in [1.807, 2.05) is 0 Å². The van der Waals surface area contributed by atoms with Crippen LogP contribution in [0.15, 0.2) is 125 Å². The number of ether oxygens (including phenoxy) is 13. The summed E-state index contributed by atoms with van der Waals surface area (Å²) in [5, 5.41) is 224. The number of esters is 3. The molecule has 1 aliphatic carbocycles. The summed E-state index contributed by atoms with van der Waals surface area (Å²) in [4.78, 5) is 50.2. The fraction of sp³-hybridized carbons (Fsp3) is 0.417. The number of aliphatic hydroxyl groups is 16. The molecule has 25 atom stereocenters. The maximum Gasteiger partial charge on any atom is 0.510 e. The van der Waals surface area contributed by atoms with Crippen molar-refractivity contribution in [3.63, 3.8) is 0 Å². The van der Waals surface area contributed by atoms with Gasteiger partial charge in [0, 0.05) is 29.8 Å². The first-order chi connectivity index (χ1) is 52.9. The molecule has 600 valence electrons. The number of hydrogen-bond acceptors (Lipinski definition) is 38. The Hall–Kier alpha value is -9.74. The molecular weight excluding hydrogens is 1490 g/mol. The number of hydrogen-bond donors (Lipinski definition) is 21. The molecule has 39 heteroatoms. The highest BCUT2D eigenvalue weighted by atomic mass is 16.8. The van der Waals surface area contributed by atoms with Gasteiger partial charge < -0.3 is 178 Å². The van der Waals surface area contributed by atoms with Crippen LogP contribution in [0.3, 0.4) is 0 Å². The molecule has 0 spiro atoms. The first-order valence-electron chi connectivity index (χ1n) is 33.9. The van der Waals surface area contributed by atoms with Crippen LogP contribution in [0, 0.1) is 0 Å². The maximum atomic E-state index is 13.5. The third-order valence-electron chi connectivity index (χ3n) is 18.2. The van der Waals surface area contributed by atoms with Crippen LogP contribution in [0.5, 0.6) is 51.7 Å². The molecule has 5 saturated heterocycles. The highest BCUT2D eigenvalue weighted by molar-refractivity contribution is 5.89. The van der Waals surface area contributed by atoms with Gasteiger partial charge in [0.25, 0.3) is 0 Å². The first-order valence-corrected chi connectivity index (χ1v) is 33.9. The molecule has 0 radical (unpaired) electrons. The SMILES string of the molecule is O=C(C=Cc1ccc(O)c(O)c1)OC[C@H]1O[C@@H](Oc2ccc(/C=C/C(=O)OC[C@H]3O[C@@H](Oc4cc5c(O[C@@H]6O[C@H](CO)[C@@H](O)[C@H](O)[C@H]6O)cc(=O)cc-5oc4-c4ccc(O)cc4)[C@H](O[C@@H]4O[C@H](COC(=[OH+])C=Cc5ccc(O)c(O[C@@H]6O[C@H](CO)[C@@H](O)[C@H](O)[C@H]6O)c5)[C@@H](O)[C@H](O)[C@H]4O)[C@@H](O)[C@@H]3O)cc2O)[C@H](O)[C@@H](O)[C@@H]1O. The van der Waals surface area contributed by atoms with Crippen LogP contribution in [0.1, 0.15) is 16.7 Å². The van der Waals surface area contributed by atoms with Crippen LogP contribution in [-0.2, 0) is 52.2 Å². The van der Waals surface area contributed by atoms with Crippen LogP contribution in [0.25, 0.3) is 40.9 Å². The summed E-state index contributed by atoms with van der Waals surface area (Å²) < 4.78 is 80.5. The lowest BCUT2D eigenvalue weighted by Gasteiger charge is -2.45. The molecule has 111 heavy (non-hydrogen) atoms. The van der Waals surface area contributed by atoms with E-state index in [-0.39, 0.29) is 51.0 Å². The van der Waals surface area contributed by atoms with E-state index < -0.39 is 244 Å². The molecule has 22 N–H and O–H groups in total. The van der Waals surface area contributed by atoms with Crippen LogP contribution in [0.2, 0.25) is 0 Å². The van der Waals surface area contributed by atoms with Crippen LogP contribution < -0.4 is 24.4 Å². The zero-order chi connectivity index (χ0) is 80.0. The molecule has 6 heterocycles. The van der Waals surface area contributed by atoms with Gasteiger partial charge in [-0.15, -0.1) is 0 Å². The second kappa shape index (κ2) is 35.7. The Balaban J connectivity index is 0.812. The molecule has 0 bridgehead atoms. The summed E-state index contributed by atoms with van der Waals surface area (Å²) >= 11 is 0. The van der Waals surface area contributed by atoms with Gasteiger partial charge in [0.1, 0.15) is 146 Å². The minimum Gasteiger partial charge on any atom is -0.508 e. The van der Waals surface area contributed by atoms with Gasteiger partial charge in [-0.25, -0.2) is 9.59 Å². The van der Waals surface area contributed by atoms with E-state index >= 15 is 0 Å². The normalized spacial score (nSPS) is 32.5. The minimum absolute atomic E-state index is 0.0829. The van der Waals surface area contributed by atoms with E-state index in [0.717, 1.165) is 66.8 Å². The smallest absolute Gasteiger partial charge is 0.508 e. The summed E-state index contributed by atoms with van der Waals surface area (Å²) in [6, 6.07) is 19.0. The van der Waals surface area contributed by atoms with Crippen molar-refractivity contribution in [3.8, 4) is 74.4 Å². The van der Waals surface area contributed by atoms with Crippen molar-refractivity contribution in [2.75, 3.05) is 33.0 Å². The fourth-order valence-electron chi connectivity index (χ4n) is 12.0. The van der Waals surface area contributed by atoms with Gasteiger partial charge in [0.05, 0.1) is 24.9 Å². The number of aromatic hydroxyl groups is 5. The Morgan fingerprint density at radius 2 is 0.820 bits per heavy atom. The van der Waals surface area contributed by atoms with Crippen molar-refractivity contribution in [1.82, 2.24) is 0 Å². The summed E-state index contributed by atoms with van der Waals surface area (Å²) in [5.41, 5.74) is -0.313. The summed E-state index contributed by atoms with van der Waals surface area (Å²) in [5.74, 6) is -7.43. The average Bonchev–Trinajstić information content (AvgIpc) is 0.762. The van der Waals surface area contributed by atoms with Crippen molar-refractivity contribution in [2.45, 2.75) is 154 Å². The van der Waals surface area contributed by atoms with Gasteiger partial charge in [-0.2, -0.15) is 0 Å². The third-order valence-corrected chi connectivity index (χ3v) is 18.2. The number of carbonyl (C=O) groups is 2. The first kappa shape index (κ1) is 82.2. The second-order valence-electron chi connectivity index (χ2n) is 26.0. The lowest BCUT2D eigenvalue weighted by atomic mass is 9.97. The second-order valence-corrected chi connectivity index (χ2v) is 26.0. The highest BCUT2D eigenvalue weighted by Gasteiger charge is 2.54. The van der Waals surface area contributed by atoms with E-state index in [4.69, 9.17) is 66.0 Å². The number of aliphatic hydroxyl groups excluding tert-OH is 16. The quantitative estimate of drug-likeness (QED) is 0.00841. The van der Waals surface area contributed by atoms with Gasteiger partial charge >= 0.3 is 17.9 Å². The van der Waals surface area contributed by atoms with Crippen molar-refractivity contribution < 1.29 is 188 Å². The summed E-state index contributed by atoms with van der Waals surface area (Å²) in [7, 11) is 0. The molecule has 11 rings (SSSR count). The number of phenols is 5. The van der Waals surface area contributed by atoms with E-state index in [1.165, 1.54) is 66.7 Å². The van der Waals surface area contributed by atoms with Gasteiger partial charge in [-0.1, -0.05) is 18.2 Å².